The number of ether oxygens (including phenoxy) is 1. The summed E-state index contributed by atoms with van der Waals surface area (Å²) in [5, 5.41) is 0. The zero-order valence-electron chi connectivity index (χ0n) is 12.3. The quantitative estimate of drug-likeness (QED) is 0.797. The van der Waals surface area contributed by atoms with Crippen molar-refractivity contribution in [1.82, 2.24) is 0 Å². The number of halogens is 1. The molecule has 0 N–H and O–H groups in total. The summed E-state index contributed by atoms with van der Waals surface area (Å²) in [5.74, 6) is -1.09. The van der Waals surface area contributed by atoms with E-state index in [1.165, 1.54) is 23.1 Å². The third-order valence-corrected chi connectivity index (χ3v) is 2.53. The molecule has 4 nitrogen and oxygen atoms in total. The van der Waals surface area contributed by atoms with Gasteiger partial charge in [0.1, 0.15) is 11.4 Å². The number of carbonyl (C=O) groups excluding carboxylic acids is 2. The van der Waals surface area contributed by atoms with Gasteiger partial charge < -0.3 is 9.64 Å². The molecule has 0 saturated heterocycles. The van der Waals surface area contributed by atoms with Crippen LogP contribution < -0.4 is 4.90 Å². The van der Waals surface area contributed by atoms with Crippen LogP contribution in [0.4, 0.5) is 10.1 Å². The summed E-state index contributed by atoms with van der Waals surface area (Å²) in [6.45, 7) is 5.31. The fourth-order valence-corrected chi connectivity index (χ4v) is 1.60. The Balaban J connectivity index is 2.53. The lowest BCUT2D eigenvalue weighted by molar-refractivity contribution is -0.155. The number of amides is 1. The Labute approximate surface area is 118 Å². The average Bonchev–Trinajstić information content (AvgIpc) is 2.33. The average molecular weight is 281 g/mol. The monoisotopic (exact) mass is 281 g/mol. The second-order valence-corrected chi connectivity index (χ2v) is 5.52. The van der Waals surface area contributed by atoms with Crippen molar-refractivity contribution in [3.63, 3.8) is 0 Å². The minimum Gasteiger partial charge on any atom is -0.460 e. The van der Waals surface area contributed by atoms with E-state index in [-0.39, 0.29) is 18.7 Å². The van der Waals surface area contributed by atoms with Crippen LogP contribution in [0.5, 0.6) is 0 Å². The molecule has 110 valence electrons. The van der Waals surface area contributed by atoms with E-state index in [4.69, 9.17) is 4.74 Å². The molecule has 1 aromatic rings. The molecule has 0 aromatic heterocycles. The van der Waals surface area contributed by atoms with Gasteiger partial charge in [0.15, 0.2) is 0 Å². The van der Waals surface area contributed by atoms with Crippen molar-refractivity contribution in [1.29, 1.82) is 0 Å². The number of anilines is 1. The van der Waals surface area contributed by atoms with Crippen molar-refractivity contribution in [2.75, 3.05) is 11.9 Å². The highest BCUT2D eigenvalue weighted by atomic mass is 19.1. The fraction of sp³-hybridized carbons (Fsp3) is 0.467. The van der Waals surface area contributed by atoms with E-state index in [1.807, 2.05) is 0 Å². The summed E-state index contributed by atoms with van der Waals surface area (Å²) in [6.07, 6.45) is 0.0394. The first-order valence-corrected chi connectivity index (χ1v) is 6.43. The summed E-state index contributed by atoms with van der Waals surface area (Å²) in [7, 11) is 1.55. The van der Waals surface area contributed by atoms with Gasteiger partial charge in [-0.05, 0) is 39.0 Å². The lowest BCUT2D eigenvalue weighted by Gasteiger charge is -2.20. The maximum absolute atomic E-state index is 13.1. The molecule has 0 bridgehead atoms. The van der Waals surface area contributed by atoms with Crippen LogP contribution in [0, 0.1) is 5.82 Å². The molecule has 1 amide bonds. The van der Waals surface area contributed by atoms with E-state index in [0.29, 0.717) is 5.69 Å². The van der Waals surface area contributed by atoms with Gasteiger partial charge >= 0.3 is 5.97 Å². The van der Waals surface area contributed by atoms with Crippen LogP contribution in [0.25, 0.3) is 0 Å². The van der Waals surface area contributed by atoms with Gasteiger partial charge in [-0.25, -0.2) is 4.39 Å². The second-order valence-electron chi connectivity index (χ2n) is 5.52. The van der Waals surface area contributed by atoms with Crippen LogP contribution in [0.1, 0.15) is 33.6 Å². The van der Waals surface area contributed by atoms with Crippen molar-refractivity contribution < 1.29 is 18.7 Å². The molecule has 0 radical (unpaired) electrons. The molecule has 0 aliphatic heterocycles. The number of nitrogens with zero attached hydrogens (tertiary/aromatic N) is 1. The van der Waals surface area contributed by atoms with Crippen LogP contribution in [0.15, 0.2) is 24.3 Å². The highest BCUT2D eigenvalue weighted by Crippen LogP contribution is 2.16. The Hall–Kier alpha value is -1.91. The smallest absolute Gasteiger partial charge is 0.306 e. The topological polar surface area (TPSA) is 46.6 Å². The van der Waals surface area contributed by atoms with Crippen LogP contribution in [0.2, 0.25) is 0 Å². The van der Waals surface area contributed by atoms with Gasteiger partial charge in [-0.1, -0.05) is 6.07 Å². The highest BCUT2D eigenvalue weighted by molar-refractivity contribution is 5.94. The molecule has 0 saturated carbocycles. The number of benzene rings is 1. The van der Waals surface area contributed by atoms with Crippen molar-refractivity contribution in [2.45, 2.75) is 39.2 Å². The van der Waals surface area contributed by atoms with Crippen LogP contribution in [-0.4, -0.2) is 24.5 Å². The number of rotatable bonds is 4. The van der Waals surface area contributed by atoms with Gasteiger partial charge in [-0.3, -0.25) is 9.59 Å². The number of hydrogen-bond acceptors (Lipinski definition) is 3. The van der Waals surface area contributed by atoms with Crippen LogP contribution in [0.3, 0.4) is 0 Å². The third-order valence-electron chi connectivity index (χ3n) is 2.53. The van der Waals surface area contributed by atoms with E-state index >= 15 is 0 Å². The van der Waals surface area contributed by atoms with E-state index in [0.717, 1.165) is 0 Å². The number of esters is 1. The Morgan fingerprint density at radius 2 is 1.90 bits per heavy atom. The Morgan fingerprint density at radius 3 is 2.45 bits per heavy atom. The summed E-state index contributed by atoms with van der Waals surface area (Å²) in [4.78, 5) is 24.8. The molecule has 0 unspecified atom stereocenters. The summed E-state index contributed by atoms with van der Waals surface area (Å²) >= 11 is 0. The molecule has 0 aliphatic rings. The maximum atomic E-state index is 13.1. The lowest BCUT2D eigenvalue weighted by atomic mass is 10.2. The summed E-state index contributed by atoms with van der Waals surface area (Å²) in [5.41, 5.74) is -0.103. The van der Waals surface area contributed by atoms with E-state index in [2.05, 4.69) is 0 Å². The van der Waals surface area contributed by atoms with Crippen LogP contribution >= 0.6 is 0 Å². The lowest BCUT2D eigenvalue weighted by Crippen LogP contribution is -2.28. The molecule has 1 aromatic carbocycles. The van der Waals surface area contributed by atoms with Crippen molar-refractivity contribution in [3.05, 3.63) is 30.1 Å². The molecule has 0 aliphatic carbocycles. The highest BCUT2D eigenvalue weighted by Gasteiger charge is 2.18. The van der Waals surface area contributed by atoms with Crippen LogP contribution in [-0.2, 0) is 14.3 Å². The van der Waals surface area contributed by atoms with Gasteiger partial charge in [0.2, 0.25) is 5.91 Å². The van der Waals surface area contributed by atoms with E-state index in [1.54, 1.807) is 33.9 Å². The Bertz CT molecular complexity index is 494. The van der Waals surface area contributed by atoms with E-state index < -0.39 is 17.4 Å². The van der Waals surface area contributed by atoms with Gasteiger partial charge in [-0.15, -0.1) is 0 Å². The molecule has 0 spiro atoms. The van der Waals surface area contributed by atoms with Gasteiger partial charge in [0, 0.05) is 19.2 Å². The normalized spacial score (nSPS) is 11.1. The summed E-state index contributed by atoms with van der Waals surface area (Å²) < 4.78 is 18.2. The Kier molecular flexibility index (Phi) is 5.25. The zero-order chi connectivity index (χ0) is 15.3. The molecule has 0 fully saturated rings. The Morgan fingerprint density at radius 1 is 1.25 bits per heavy atom. The van der Waals surface area contributed by atoms with Crippen molar-refractivity contribution in [2.24, 2.45) is 0 Å². The third kappa shape index (κ3) is 5.38. The molecule has 5 heteroatoms. The zero-order valence-corrected chi connectivity index (χ0v) is 12.3. The maximum Gasteiger partial charge on any atom is 0.306 e. The minimum atomic E-state index is -0.561. The molecule has 0 heterocycles. The summed E-state index contributed by atoms with van der Waals surface area (Å²) in [6, 6.07) is 5.74. The van der Waals surface area contributed by atoms with Crippen molar-refractivity contribution in [3.8, 4) is 0 Å². The van der Waals surface area contributed by atoms with Gasteiger partial charge in [0.05, 0.1) is 6.42 Å². The van der Waals surface area contributed by atoms with Gasteiger partial charge in [0.25, 0.3) is 0 Å². The molecular formula is C15H20FNO3. The van der Waals surface area contributed by atoms with E-state index in [9.17, 15) is 14.0 Å². The SMILES string of the molecule is CN(C(=O)CCC(=O)OC(C)(C)C)c1cccc(F)c1. The minimum absolute atomic E-state index is 0.00968. The first-order chi connectivity index (χ1) is 9.19. The number of hydrogen-bond donors (Lipinski definition) is 0. The number of carbonyl (C=O) groups is 2. The molecular weight excluding hydrogens is 261 g/mol. The first-order valence-electron chi connectivity index (χ1n) is 6.43. The fourth-order valence-electron chi connectivity index (χ4n) is 1.60. The standard InChI is InChI=1S/C15H20FNO3/c1-15(2,3)20-14(19)9-8-13(18)17(4)12-7-5-6-11(16)10-12/h5-7,10H,8-9H2,1-4H3. The second kappa shape index (κ2) is 6.50. The first kappa shape index (κ1) is 16.1. The van der Waals surface area contributed by atoms with Gasteiger partial charge in [-0.2, -0.15) is 0 Å². The predicted molar refractivity (Wildman–Crippen MR) is 74.9 cm³/mol. The van der Waals surface area contributed by atoms with Crippen molar-refractivity contribution >= 4 is 17.6 Å². The predicted octanol–water partition coefficient (Wildman–Crippen LogP) is 2.91. The molecule has 1 rings (SSSR count). The molecule has 0 atom stereocenters. The largest absolute Gasteiger partial charge is 0.460 e. The molecule has 20 heavy (non-hydrogen) atoms.